The summed E-state index contributed by atoms with van der Waals surface area (Å²) < 4.78 is 60.7. The molecule has 1 heterocycles. The number of alkyl halides is 3. The smallest absolute Gasteiger partial charge is 0.485 e. The van der Waals surface area contributed by atoms with Crippen molar-refractivity contribution >= 4 is 10.1 Å². The first-order chi connectivity index (χ1) is 8.18. The highest BCUT2D eigenvalue weighted by Crippen LogP contribution is 2.20. The van der Waals surface area contributed by atoms with Crippen LogP contribution in [0.25, 0.3) is 10.4 Å². The fourth-order valence-electron chi connectivity index (χ4n) is 0.630. The lowest BCUT2D eigenvalue weighted by molar-refractivity contribution is -0.695. The molecule has 0 aliphatic carbocycles. The molecule has 18 heavy (non-hydrogen) atoms. The van der Waals surface area contributed by atoms with E-state index in [1.807, 2.05) is 30.6 Å². The molecule has 0 aliphatic heterocycles. The first kappa shape index (κ1) is 16.2. The highest BCUT2D eigenvalue weighted by Gasteiger charge is 2.36. The zero-order valence-corrected chi connectivity index (χ0v) is 9.47. The molecular weight excluding hydrogens is 277 g/mol. The number of rotatable bonds is 2. The Morgan fingerprint density at radius 3 is 2.06 bits per heavy atom. The summed E-state index contributed by atoms with van der Waals surface area (Å²) in [5.74, 6) is 0. The van der Waals surface area contributed by atoms with Crippen LogP contribution < -0.4 is 4.57 Å². The molecule has 0 unspecified atom stereocenters. The summed E-state index contributed by atoms with van der Waals surface area (Å²) in [6.07, 6.45) is 3.68. The molecule has 0 fully saturated rings. The fourth-order valence-corrected chi connectivity index (χ4v) is 0.630. The predicted molar refractivity (Wildman–Crippen MR) is 51.5 cm³/mol. The van der Waals surface area contributed by atoms with Gasteiger partial charge in [0.05, 0.1) is 0 Å². The van der Waals surface area contributed by atoms with Crippen LogP contribution in [0.15, 0.2) is 35.7 Å². The zero-order chi connectivity index (χ0) is 14.2. The largest absolute Gasteiger partial charge is 0.741 e. The van der Waals surface area contributed by atoms with Crippen LogP contribution >= 0.6 is 0 Å². The van der Waals surface area contributed by atoms with Crippen molar-refractivity contribution < 1.29 is 30.7 Å². The van der Waals surface area contributed by atoms with Crippen molar-refractivity contribution in [3.8, 4) is 0 Å². The van der Waals surface area contributed by atoms with Crippen molar-refractivity contribution in [1.29, 1.82) is 0 Å². The monoisotopic (exact) mass is 284 g/mol. The van der Waals surface area contributed by atoms with E-state index in [-0.39, 0.29) is 0 Å². The molecule has 1 rings (SSSR count). The van der Waals surface area contributed by atoms with Crippen LogP contribution in [0.1, 0.15) is 0 Å². The van der Waals surface area contributed by atoms with E-state index in [0.29, 0.717) is 6.67 Å². The Hall–Kier alpha value is -1.84. The van der Waals surface area contributed by atoms with E-state index in [1.54, 1.807) is 4.57 Å². The highest BCUT2D eigenvalue weighted by atomic mass is 32.2. The van der Waals surface area contributed by atoms with E-state index in [0.717, 1.165) is 0 Å². The van der Waals surface area contributed by atoms with Crippen LogP contribution in [0, 0.1) is 0 Å². The third-order valence-electron chi connectivity index (χ3n) is 1.35. The lowest BCUT2D eigenvalue weighted by atomic mass is 10.5. The molecule has 0 aromatic carbocycles. The van der Waals surface area contributed by atoms with E-state index >= 15 is 0 Å². The van der Waals surface area contributed by atoms with Crippen molar-refractivity contribution in [2.75, 3.05) is 0 Å². The molecule has 7 nitrogen and oxygen atoms in total. The Morgan fingerprint density at radius 2 is 1.72 bits per heavy atom. The van der Waals surface area contributed by atoms with Gasteiger partial charge in [-0.15, -0.1) is 0 Å². The third kappa shape index (κ3) is 6.68. The minimum absolute atomic E-state index is 0.358. The van der Waals surface area contributed by atoms with Crippen LogP contribution in [0.3, 0.4) is 0 Å². The summed E-state index contributed by atoms with van der Waals surface area (Å²) in [5.41, 5.74) is 2.33. The Bertz CT molecular complexity index is 510. The summed E-state index contributed by atoms with van der Waals surface area (Å²) in [6.45, 7) is 0.358. The molecule has 0 amide bonds. The molecule has 100 valence electrons. The number of halogens is 3. The minimum Gasteiger partial charge on any atom is -0.741 e. The van der Waals surface area contributed by atoms with Crippen molar-refractivity contribution in [2.45, 2.75) is 12.2 Å². The Kier molecular flexibility index (Phi) is 6.09. The second kappa shape index (κ2) is 6.79. The van der Waals surface area contributed by atoms with Gasteiger partial charge in [-0.25, -0.2) is 8.42 Å². The maximum atomic E-state index is 10.7. The first-order valence-electron chi connectivity index (χ1n) is 4.15. The van der Waals surface area contributed by atoms with Gasteiger partial charge in [-0.3, -0.25) is 0 Å². The fraction of sp³-hybridized carbons (Fsp3) is 0.286. The number of azide groups is 1. The number of hydrogen-bond donors (Lipinski definition) is 0. The van der Waals surface area contributed by atoms with Gasteiger partial charge in [0.2, 0.25) is 6.67 Å². The van der Waals surface area contributed by atoms with Crippen LogP contribution in [-0.4, -0.2) is 18.5 Å². The Morgan fingerprint density at radius 1 is 1.28 bits per heavy atom. The number of nitrogens with zero attached hydrogens (tertiary/aromatic N) is 4. The highest BCUT2D eigenvalue weighted by molar-refractivity contribution is 7.86. The van der Waals surface area contributed by atoms with E-state index in [1.165, 1.54) is 0 Å². The van der Waals surface area contributed by atoms with E-state index in [9.17, 15) is 13.2 Å². The van der Waals surface area contributed by atoms with Gasteiger partial charge in [0.1, 0.15) is 0 Å². The summed E-state index contributed by atoms with van der Waals surface area (Å²) >= 11 is 0. The van der Waals surface area contributed by atoms with Crippen molar-refractivity contribution in [2.24, 2.45) is 5.11 Å². The number of aromatic nitrogens is 1. The van der Waals surface area contributed by atoms with Gasteiger partial charge >= 0.3 is 5.51 Å². The SMILES string of the molecule is O=S(=O)([O-])C(F)(F)F.[N-]=[N+]=NC[n+]1ccccc1. The molecule has 1 aromatic rings. The Labute approximate surface area is 99.9 Å². The van der Waals surface area contributed by atoms with Crippen LogP contribution in [0.5, 0.6) is 0 Å². The lowest BCUT2D eigenvalue weighted by Crippen LogP contribution is -2.30. The van der Waals surface area contributed by atoms with Gasteiger partial charge in [0.15, 0.2) is 22.5 Å². The molecule has 0 bridgehead atoms. The van der Waals surface area contributed by atoms with Crippen molar-refractivity contribution in [1.82, 2.24) is 0 Å². The topological polar surface area (TPSA) is 110 Å². The molecule has 0 saturated heterocycles. The maximum absolute atomic E-state index is 10.7. The van der Waals surface area contributed by atoms with E-state index in [4.69, 9.17) is 18.5 Å². The maximum Gasteiger partial charge on any atom is 0.485 e. The predicted octanol–water partition coefficient (Wildman–Crippen LogP) is 1.29. The van der Waals surface area contributed by atoms with Gasteiger partial charge in [-0.05, 0) is 10.6 Å². The average molecular weight is 284 g/mol. The molecule has 0 saturated carbocycles. The molecule has 0 N–H and O–H groups in total. The molecule has 0 spiro atoms. The van der Waals surface area contributed by atoms with Crippen LogP contribution in [0.2, 0.25) is 0 Å². The second-order valence-corrected chi connectivity index (χ2v) is 4.03. The number of hydrogen-bond acceptors (Lipinski definition) is 4. The summed E-state index contributed by atoms with van der Waals surface area (Å²) in [4.78, 5) is 2.64. The van der Waals surface area contributed by atoms with Crippen LogP contribution in [0.4, 0.5) is 13.2 Å². The second-order valence-electron chi connectivity index (χ2n) is 2.66. The van der Waals surface area contributed by atoms with Gasteiger partial charge in [-0.2, -0.15) is 17.7 Å². The quantitative estimate of drug-likeness (QED) is 0.204. The van der Waals surface area contributed by atoms with Gasteiger partial charge in [-0.1, -0.05) is 6.07 Å². The lowest BCUT2D eigenvalue weighted by Gasteiger charge is -2.08. The molecule has 0 aliphatic rings. The summed E-state index contributed by atoms with van der Waals surface area (Å²) in [6, 6.07) is 5.67. The average Bonchev–Trinajstić information content (AvgIpc) is 2.26. The Balaban J connectivity index is 0.000000331. The molecule has 0 radical (unpaired) electrons. The third-order valence-corrected chi connectivity index (χ3v) is 1.92. The van der Waals surface area contributed by atoms with E-state index < -0.39 is 15.6 Å². The van der Waals surface area contributed by atoms with Crippen molar-refractivity contribution in [3.63, 3.8) is 0 Å². The molecule has 11 heteroatoms. The minimum atomic E-state index is -6.09. The standard InChI is InChI=1S/C6H7N4.CHF3O3S/c7-9-8-6-10-4-2-1-3-5-10;2-1(3,4)8(5,6)7/h1-5H,6H2;(H,5,6,7)/q+1;/p-1. The number of pyridine rings is 1. The molecule has 1 aromatic heterocycles. The van der Waals surface area contributed by atoms with Crippen LogP contribution in [-0.2, 0) is 16.8 Å². The molecule has 0 atom stereocenters. The zero-order valence-electron chi connectivity index (χ0n) is 8.65. The van der Waals surface area contributed by atoms with Gasteiger partial charge in [0, 0.05) is 17.0 Å². The molecular formula is C7H7F3N4O3S. The van der Waals surface area contributed by atoms with Gasteiger partial charge in [0.25, 0.3) is 0 Å². The summed E-state index contributed by atoms with van der Waals surface area (Å²) in [5, 5.41) is 3.39. The summed E-state index contributed by atoms with van der Waals surface area (Å²) in [7, 11) is -6.09. The normalized spacial score (nSPS) is 10.9. The van der Waals surface area contributed by atoms with Gasteiger partial charge < -0.3 is 4.55 Å². The first-order valence-corrected chi connectivity index (χ1v) is 5.56. The van der Waals surface area contributed by atoms with E-state index in [2.05, 4.69) is 10.0 Å². The van der Waals surface area contributed by atoms with Crippen molar-refractivity contribution in [3.05, 3.63) is 41.0 Å².